The van der Waals surface area contributed by atoms with Crippen molar-refractivity contribution < 1.29 is 61.3 Å². The summed E-state index contributed by atoms with van der Waals surface area (Å²) in [7, 11) is 0. The lowest BCUT2D eigenvalue weighted by Gasteiger charge is -2.27. The summed E-state index contributed by atoms with van der Waals surface area (Å²) < 4.78 is 49.0. The molecule has 0 spiro atoms. The molecule has 1 aromatic heterocycles. The molecule has 3 aromatic carbocycles. The highest BCUT2D eigenvalue weighted by Crippen LogP contribution is 2.30. The molecule has 2 saturated heterocycles. The van der Waals surface area contributed by atoms with Gasteiger partial charge in [-0.25, -0.2) is 8.78 Å². The van der Waals surface area contributed by atoms with E-state index in [1.54, 1.807) is 30.3 Å². The molecule has 4 aromatic rings. The van der Waals surface area contributed by atoms with Gasteiger partial charge in [0.25, 0.3) is 17.7 Å². The minimum atomic E-state index is -1.03. The summed E-state index contributed by atoms with van der Waals surface area (Å²) in [5, 5.41) is 8.25. The van der Waals surface area contributed by atoms with Crippen molar-refractivity contribution in [2.24, 2.45) is 5.92 Å². The number of hydrogen-bond donors (Lipinski definition) is 4. The molecule has 3 aliphatic heterocycles. The Balaban J connectivity index is 0.713. The highest BCUT2D eigenvalue weighted by Gasteiger charge is 2.44. The molecule has 2 atom stereocenters. The van der Waals surface area contributed by atoms with Gasteiger partial charge in [0, 0.05) is 54.3 Å². The minimum Gasteiger partial charge on any atom is -0.377 e. The molecule has 7 amide bonds. The number of hydrogen-bond acceptors (Lipinski definition) is 11. The number of aromatic amines is 1. The fourth-order valence-corrected chi connectivity index (χ4v) is 7.42. The van der Waals surface area contributed by atoms with Crippen molar-refractivity contribution in [3.63, 3.8) is 0 Å². The first-order valence-corrected chi connectivity index (χ1v) is 20.6. The van der Waals surface area contributed by atoms with E-state index < -0.39 is 59.0 Å². The van der Waals surface area contributed by atoms with Crippen molar-refractivity contribution in [1.82, 2.24) is 25.8 Å². The maximum Gasteiger partial charge on any atom is 0.267 e. The Kier molecular flexibility index (Phi) is 14.8. The molecule has 7 rings (SSSR count). The number of nitrogens with one attached hydrogen (secondary N) is 4. The van der Waals surface area contributed by atoms with Crippen molar-refractivity contribution in [1.29, 1.82) is 0 Å². The summed E-state index contributed by atoms with van der Waals surface area (Å²) in [5.74, 6) is -0.245. The maximum absolute atomic E-state index is 13.5. The van der Waals surface area contributed by atoms with E-state index in [2.05, 4.69) is 32.8 Å². The van der Waals surface area contributed by atoms with Gasteiger partial charge < -0.3 is 39.5 Å². The van der Waals surface area contributed by atoms with E-state index in [0.717, 1.165) is 23.1 Å². The van der Waals surface area contributed by atoms with Gasteiger partial charge in [0.15, 0.2) is 0 Å². The Morgan fingerprint density at radius 3 is 2.20 bits per heavy atom. The van der Waals surface area contributed by atoms with Crippen molar-refractivity contribution in [3.8, 4) is 11.8 Å². The lowest BCUT2D eigenvalue weighted by Crippen LogP contribution is -2.54. The molecule has 334 valence electrons. The summed E-state index contributed by atoms with van der Waals surface area (Å²) >= 11 is 0. The Morgan fingerprint density at radius 2 is 1.47 bits per heavy atom. The van der Waals surface area contributed by atoms with Crippen LogP contribution in [-0.4, -0.2) is 123 Å². The number of anilines is 1. The largest absolute Gasteiger partial charge is 0.377 e. The van der Waals surface area contributed by atoms with Gasteiger partial charge in [-0.3, -0.25) is 43.8 Å². The lowest BCUT2D eigenvalue weighted by atomic mass is 10.0. The molecular formula is C45H44F2N6O11. The molecule has 0 bridgehead atoms. The van der Waals surface area contributed by atoms with Gasteiger partial charge >= 0.3 is 0 Å². The SMILES string of the molecule is O=C1CCC(N2C(=O)c3ccc(C#CCOCCOCCOCCOCCNC(=O)c4cc5cc(N6CC[C@H](C(=O)NCc7cc(F)cc(F)c7)C6=O)ccc5[nH]4)cc3C2=O)C(=O)N1. The van der Waals surface area contributed by atoms with E-state index in [1.165, 1.54) is 17.0 Å². The summed E-state index contributed by atoms with van der Waals surface area (Å²) in [4.78, 5) is 93.7. The standard InChI is InChI=1S/C45H44F2N6O11/c46-30-20-28(21-31(47)25-30)26-49-40(55)34-9-11-52(43(34)58)32-4-6-36-29(23-32)24-37(50-36)41(56)48-10-13-62-15-17-64-19-18-63-16-14-61-12-1-2-27-3-5-33-35(22-27)45(60)53(44(33)59)38-7-8-39(54)51-42(38)57/h3-6,20-25,34,38,50H,7-19,26H2,(H,48,56)(H,49,55)(H,51,54,57)/t34-,38?/m1/s1. The summed E-state index contributed by atoms with van der Waals surface area (Å²) in [6.45, 7) is 2.72. The summed E-state index contributed by atoms with van der Waals surface area (Å²) in [5.41, 5.74) is 2.66. The Labute approximate surface area is 365 Å². The van der Waals surface area contributed by atoms with Crippen molar-refractivity contribution >= 4 is 57.9 Å². The van der Waals surface area contributed by atoms with E-state index in [0.29, 0.717) is 67.4 Å². The predicted molar refractivity (Wildman–Crippen MR) is 223 cm³/mol. The van der Waals surface area contributed by atoms with Gasteiger partial charge in [-0.05, 0) is 73.0 Å². The van der Waals surface area contributed by atoms with Crippen molar-refractivity contribution in [2.45, 2.75) is 31.8 Å². The molecule has 3 aliphatic rings. The van der Waals surface area contributed by atoms with Gasteiger partial charge in [0.05, 0.1) is 57.4 Å². The molecular weight excluding hydrogens is 839 g/mol. The number of amides is 7. The second-order valence-corrected chi connectivity index (χ2v) is 14.9. The van der Waals surface area contributed by atoms with E-state index in [9.17, 15) is 42.3 Å². The fourth-order valence-electron chi connectivity index (χ4n) is 7.42. The zero-order valence-corrected chi connectivity index (χ0v) is 34.5. The van der Waals surface area contributed by atoms with Crippen LogP contribution in [0.1, 0.15) is 61.6 Å². The number of benzene rings is 3. The Bertz CT molecular complexity index is 2510. The third kappa shape index (κ3) is 11.0. The highest BCUT2D eigenvalue weighted by atomic mass is 19.1. The molecule has 4 heterocycles. The zero-order chi connectivity index (χ0) is 45.2. The van der Waals surface area contributed by atoms with E-state index in [-0.39, 0.29) is 74.8 Å². The molecule has 0 aliphatic carbocycles. The number of fused-ring (bicyclic) bond motifs is 2. The topological polar surface area (TPSA) is 215 Å². The van der Waals surface area contributed by atoms with E-state index >= 15 is 0 Å². The first-order valence-electron chi connectivity index (χ1n) is 20.6. The van der Waals surface area contributed by atoms with Crippen LogP contribution >= 0.6 is 0 Å². The number of nitrogens with zero attached hydrogens (tertiary/aromatic N) is 2. The summed E-state index contributed by atoms with van der Waals surface area (Å²) in [6, 6.07) is 13.4. The molecule has 19 heteroatoms. The Morgan fingerprint density at radius 1 is 0.766 bits per heavy atom. The van der Waals surface area contributed by atoms with E-state index in [4.69, 9.17) is 18.9 Å². The van der Waals surface area contributed by atoms with Crippen molar-refractivity contribution in [3.05, 3.63) is 100 Å². The first kappa shape index (κ1) is 45.2. The number of rotatable bonds is 19. The van der Waals surface area contributed by atoms with Gasteiger partial charge in [0.1, 0.15) is 35.9 Å². The van der Waals surface area contributed by atoms with Crippen LogP contribution in [0.3, 0.4) is 0 Å². The highest BCUT2D eigenvalue weighted by molar-refractivity contribution is 6.23. The average Bonchev–Trinajstić information content (AvgIpc) is 3.95. The normalized spacial score (nSPS) is 17.1. The molecule has 0 radical (unpaired) electrons. The third-order valence-electron chi connectivity index (χ3n) is 10.6. The number of H-pyrrole nitrogens is 1. The third-order valence-corrected chi connectivity index (χ3v) is 10.6. The van der Waals surface area contributed by atoms with Gasteiger partial charge in [-0.1, -0.05) is 11.8 Å². The van der Waals surface area contributed by atoms with Crippen LogP contribution in [-0.2, 0) is 44.7 Å². The number of ether oxygens (including phenoxy) is 4. The number of aromatic nitrogens is 1. The van der Waals surface area contributed by atoms with E-state index in [1.807, 2.05) is 0 Å². The van der Waals surface area contributed by atoms with Crippen LogP contribution in [0, 0.1) is 29.4 Å². The van der Waals surface area contributed by atoms with Crippen LogP contribution in [0.5, 0.6) is 0 Å². The zero-order valence-electron chi connectivity index (χ0n) is 34.5. The molecule has 17 nitrogen and oxygen atoms in total. The number of halogens is 2. The predicted octanol–water partition coefficient (Wildman–Crippen LogP) is 2.36. The maximum atomic E-state index is 13.5. The number of imide groups is 2. The smallest absolute Gasteiger partial charge is 0.267 e. The van der Waals surface area contributed by atoms with Crippen LogP contribution in [0.4, 0.5) is 14.5 Å². The quantitative estimate of drug-likeness (QED) is 0.0465. The summed E-state index contributed by atoms with van der Waals surface area (Å²) in [6.07, 6.45) is 0.398. The van der Waals surface area contributed by atoms with Crippen LogP contribution in [0.2, 0.25) is 0 Å². The molecule has 4 N–H and O–H groups in total. The minimum absolute atomic E-state index is 0.0429. The average molecular weight is 883 g/mol. The lowest BCUT2D eigenvalue weighted by molar-refractivity contribution is -0.136. The fraction of sp³-hybridized carbons (Fsp3) is 0.356. The first-order chi connectivity index (χ1) is 31.0. The van der Waals surface area contributed by atoms with Gasteiger partial charge in [0.2, 0.25) is 23.6 Å². The monoisotopic (exact) mass is 882 g/mol. The Hall–Kier alpha value is -6.85. The van der Waals surface area contributed by atoms with Gasteiger partial charge in [-0.2, -0.15) is 0 Å². The number of carbonyl (C=O) groups is 7. The van der Waals surface area contributed by atoms with Gasteiger partial charge in [-0.15, -0.1) is 0 Å². The molecule has 2 fully saturated rings. The molecule has 64 heavy (non-hydrogen) atoms. The van der Waals surface area contributed by atoms with Crippen LogP contribution in [0.25, 0.3) is 10.9 Å². The van der Waals surface area contributed by atoms with Crippen LogP contribution < -0.4 is 20.9 Å². The second kappa shape index (κ2) is 21.0. The molecule has 0 saturated carbocycles. The van der Waals surface area contributed by atoms with Crippen LogP contribution in [0.15, 0.2) is 60.7 Å². The number of piperidine rings is 1. The van der Waals surface area contributed by atoms with Crippen molar-refractivity contribution in [2.75, 3.05) is 70.8 Å². The second-order valence-electron chi connectivity index (χ2n) is 14.9. The molecule has 1 unspecified atom stereocenters. The number of carbonyl (C=O) groups excluding carboxylic acids is 7.